The molecular weight excluding hydrogens is 398 g/mol. The number of thioether (sulfide) groups is 1. The molecule has 4 aromatic rings. The van der Waals surface area contributed by atoms with Crippen LogP contribution >= 0.6 is 11.8 Å². The lowest BCUT2D eigenvalue weighted by Crippen LogP contribution is -2.17. The standard InChI is InChI=1S/C21H19N7OS/c1-13-14(2)28(15-7-5-4-6-8-15)20(16(13)9-22)26-18(29)11-30-21-17-10-25-27(3)19(17)23-12-24-21/h4-8,10,12H,11H2,1-3H3,(H,26,29). The van der Waals surface area contributed by atoms with Crippen LogP contribution in [0.15, 0.2) is 47.9 Å². The maximum atomic E-state index is 12.8. The number of anilines is 1. The SMILES string of the molecule is Cc1c(C#N)c(NC(=O)CSc2ncnc3c2cnn3C)n(-c2ccccc2)c1C. The van der Waals surface area contributed by atoms with Crippen molar-refractivity contribution in [3.8, 4) is 11.8 Å². The Morgan fingerprint density at radius 2 is 2.00 bits per heavy atom. The third kappa shape index (κ3) is 3.42. The summed E-state index contributed by atoms with van der Waals surface area (Å²) in [6, 6.07) is 11.9. The van der Waals surface area contributed by atoms with Gasteiger partial charge in [0.15, 0.2) is 5.65 Å². The van der Waals surface area contributed by atoms with Crippen LogP contribution in [0.5, 0.6) is 0 Å². The van der Waals surface area contributed by atoms with Crippen molar-refractivity contribution < 1.29 is 4.79 Å². The largest absolute Gasteiger partial charge is 0.310 e. The van der Waals surface area contributed by atoms with Crippen LogP contribution in [0, 0.1) is 25.2 Å². The van der Waals surface area contributed by atoms with E-state index in [9.17, 15) is 10.1 Å². The van der Waals surface area contributed by atoms with Crippen molar-refractivity contribution in [1.82, 2.24) is 24.3 Å². The molecule has 0 atom stereocenters. The number of nitrogens with one attached hydrogen (secondary N) is 1. The molecule has 0 aliphatic carbocycles. The van der Waals surface area contributed by atoms with Crippen LogP contribution in [0.4, 0.5) is 5.82 Å². The van der Waals surface area contributed by atoms with Gasteiger partial charge in [0, 0.05) is 18.4 Å². The van der Waals surface area contributed by atoms with E-state index in [4.69, 9.17) is 0 Å². The second-order valence-electron chi connectivity index (χ2n) is 6.74. The van der Waals surface area contributed by atoms with Gasteiger partial charge in [-0.1, -0.05) is 30.0 Å². The van der Waals surface area contributed by atoms with E-state index in [-0.39, 0.29) is 11.7 Å². The summed E-state index contributed by atoms with van der Waals surface area (Å²) in [4.78, 5) is 21.3. The number of rotatable bonds is 5. The van der Waals surface area contributed by atoms with E-state index >= 15 is 0 Å². The molecule has 0 radical (unpaired) electrons. The molecule has 30 heavy (non-hydrogen) atoms. The molecule has 0 bridgehead atoms. The fourth-order valence-electron chi connectivity index (χ4n) is 3.32. The molecule has 3 heterocycles. The van der Waals surface area contributed by atoms with Gasteiger partial charge in [-0.3, -0.25) is 14.0 Å². The number of carbonyl (C=O) groups is 1. The molecule has 0 spiro atoms. The van der Waals surface area contributed by atoms with Crippen molar-refractivity contribution in [2.45, 2.75) is 18.9 Å². The average molecular weight is 417 g/mol. The number of aryl methyl sites for hydroxylation is 1. The second kappa shape index (κ2) is 8.00. The first kappa shape index (κ1) is 19.7. The molecule has 0 aliphatic heterocycles. The number of nitrogens with zero attached hydrogens (tertiary/aromatic N) is 6. The second-order valence-corrected chi connectivity index (χ2v) is 7.70. The smallest absolute Gasteiger partial charge is 0.235 e. The highest BCUT2D eigenvalue weighted by molar-refractivity contribution is 8.00. The molecule has 0 unspecified atom stereocenters. The molecule has 0 saturated heterocycles. The monoisotopic (exact) mass is 417 g/mol. The Balaban J connectivity index is 1.60. The Kier molecular flexibility index (Phi) is 5.25. The van der Waals surface area contributed by atoms with Gasteiger partial charge in [-0.05, 0) is 31.5 Å². The van der Waals surface area contributed by atoms with Crippen LogP contribution in [-0.4, -0.2) is 36.0 Å². The minimum Gasteiger partial charge on any atom is -0.310 e. The zero-order valence-electron chi connectivity index (χ0n) is 16.7. The van der Waals surface area contributed by atoms with Gasteiger partial charge in [-0.2, -0.15) is 10.4 Å². The molecule has 3 aromatic heterocycles. The third-order valence-corrected chi connectivity index (χ3v) is 5.94. The number of carbonyl (C=O) groups excluding carboxylic acids is 1. The van der Waals surface area contributed by atoms with E-state index in [1.807, 2.05) is 55.8 Å². The highest BCUT2D eigenvalue weighted by atomic mass is 32.2. The van der Waals surface area contributed by atoms with E-state index in [2.05, 4.69) is 26.5 Å². The predicted octanol–water partition coefficient (Wildman–Crippen LogP) is 3.37. The number of hydrogen-bond acceptors (Lipinski definition) is 6. The number of aromatic nitrogens is 5. The highest BCUT2D eigenvalue weighted by Gasteiger charge is 2.21. The predicted molar refractivity (Wildman–Crippen MR) is 116 cm³/mol. The normalized spacial score (nSPS) is 10.9. The maximum absolute atomic E-state index is 12.8. The molecule has 0 saturated carbocycles. The number of nitriles is 1. The van der Waals surface area contributed by atoms with Crippen molar-refractivity contribution >= 4 is 34.5 Å². The Bertz CT molecular complexity index is 1280. The van der Waals surface area contributed by atoms with Crippen molar-refractivity contribution in [3.05, 3.63) is 59.7 Å². The zero-order valence-corrected chi connectivity index (χ0v) is 17.6. The zero-order chi connectivity index (χ0) is 21.3. The number of amides is 1. The Morgan fingerprint density at radius 3 is 2.73 bits per heavy atom. The fourth-order valence-corrected chi connectivity index (χ4v) is 4.08. The molecule has 1 aromatic carbocycles. The summed E-state index contributed by atoms with van der Waals surface area (Å²) >= 11 is 1.31. The topological polar surface area (TPSA) is 101 Å². The van der Waals surface area contributed by atoms with E-state index < -0.39 is 0 Å². The molecule has 9 heteroatoms. The number of benzene rings is 1. The molecule has 0 aliphatic rings. The van der Waals surface area contributed by atoms with Crippen LogP contribution < -0.4 is 5.32 Å². The maximum Gasteiger partial charge on any atom is 0.235 e. The first-order valence-electron chi connectivity index (χ1n) is 9.24. The van der Waals surface area contributed by atoms with Crippen molar-refractivity contribution in [2.75, 3.05) is 11.1 Å². The van der Waals surface area contributed by atoms with Gasteiger partial charge in [0.1, 0.15) is 23.2 Å². The summed E-state index contributed by atoms with van der Waals surface area (Å²) in [6.45, 7) is 3.82. The van der Waals surface area contributed by atoms with Crippen LogP contribution in [0.3, 0.4) is 0 Å². The van der Waals surface area contributed by atoms with E-state index in [0.717, 1.165) is 22.3 Å². The van der Waals surface area contributed by atoms with E-state index in [1.54, 1.807) is 10.9 Å². The van der Waals surface area contributed by atoms with Gasteiger partial charge < -0.3 is 5.32 Å². The van der Waals surface area contributed by atoms with Crippen LogP contribution in [-0.2, 0) is 11.8 Å². The molecule has 0 fully saturated rings. The lowest BCUT2D eigenvalue weighted by Gasteiger charge is -2.13. The molecular formula is C21H19N7OS. The fraction of sp³-hybridized carbons (Fsp3) is 0.190. The van der Waals surface area contributed by atoms with Gasteiger partial charge in [-0.15, -0.1) is 0 Å². The van der Waals surface area contributed by atoms with Crippen LogP contribution in [0.1, 0.15) is 16.8 Å². The van der Waals surface area contributed by atoms with Crippen molar-refractivity contribution in [3.63, 3.8) is 0 Å². The van der Waals surface area contributed by atoms with Gasteiger partial charge >= 0.3 is 0 Å². The lowest BCUT2D eigenvalue weighted by molar-refractivity contribution is -0.113. The summed E-state index contributed by atoms with van der Waals surface area (Å²) in [5.41, 5.74) is 3.82. The molecule has 8 nitrogen and oxygen atoms in total. The van der Waals surface area contributed by atoms with Gasteiger partial charge in [0.2, 0.25) is 5.91 Å². The minimum absolute atomic E-state index is 0.143. The first-order valence-corrected chi connectivity index (χ1v) is 10.2. The lowest BCUT2D eigenvalue weighted by atomic mass is 10.2. The number of fused-ring (bicyclic) bond motifs is 1. The summed E-state index contributed by atoms with van der Waals surface area (Å²) in [6.07, 6.45) is 3.15. The number of hydrogen-bond donors (Lipinski definition) is 1. The molecule has 150 valence electrons. The molecule has 1 N–H and O–H groups in total. The third-order valence-electron chi connectivity index (χ3n) is 4.93. The molecule has 4 rings (SSSR count). The highest BCUT2D eigenvalue weighted by Crippen LogP contribution is 2.30. The van der Waals surface area contributed by atoms with Crippen LogP contribution in [0.2, 0.25) is 0 Å². The summed E-state index contributed by atoms with van der Waals surface area (Å²) in [5, 5.41) is 18.3. The Labute approximate surface area is 177 Å². The summed E-state index contributed by atoms with van der Waals surface area (Å²) < 4.78 is 3.57. The van der Waals surface area contributed by atoms with Crippen molar-refractivity contribution in [2.24, 2.45) is 7.05 Å². The number of para-hydroxylation sites is 1. The molecule has 1 amide bonds. The van der Waals surface area contributed by atoms with E-state index in [0.29, 0.717) is 22.1 Å². The Morgan fingerprint density at radius 1 is 1.23 bits per heavy atom. The average Bonchev–Trinajstić information content (AvgIpc) is 3.25. The van der Waals surface area contributed by atoms with E-state index in [1.165, 1.54) is 18.1 Å². The summed E-state index contributed by atoms with van der Waals surface area (Å²) in [7, 11) is 1.81. The van der Waals surface area contributed by atoms with Crippen molar-refractivity contribution in [1.29, 1.82) is 5.26 Å². The van der Waals surface area contributed by atoms with Gasteiger partial charge in [0.25, 0.3) is 0 Å². The first-order chi connectivity index (χ1) is 14.5. The van der Waals surface area contributed by atoms with Crippen LogP contribution in [0.25, 0.3) is 16.7 Å². The van der Waals surface area contributed by atoms with Gasteiger partial charge in [-0.25, -0.2) is 9.97 Å². The summed E-state index contributed by atoms with van der Waals surface area (Å²) in [5.74, 6) is 0.407. The minimum atomic E-state index is -0.221. The van der Waals surface area contributed by atoms with Gasteiger partial charge in [0.05, 0.1) is 22.9 Å². The quantitative estimate of drug-likeness (QED) is 0.395. The Hall–Kier alpha value is -3.64.